The number of ketones is 1. The molecule has 1 aliphatic heterocycles. The number of alkyl halides is 3. The van der Waals surface area contributed by atoms with Crippen LogP contribution in [0.4, 0.5) is 23.7 Å². The topological polar surface area (TPSA) is 103 Å². The van der Waals surface area contributed by atoms with Gasteiger partial charge in [0.15, 0.2) is 5.78 Å². The van der Waals surface area contributed by atoms with E-state index in [1.165, 1.54) is 41.1 Å². The predicted octanol–water partition coefficient (Wildman–Crippen LogP) is 4.81. The van der Waals surface area contributed by atoms with Crippen LogP contribution in [-0.4, -0.2) is 51.2 Å². The van der Waals surface area contributed by atoms with Crippen LogP contribution in [0.2, 0.25) is 0 Å². The van der Waals surface area contributed by atoms with Crippen LogP contribution < -0.4 is 4.90 Å². The molecule has 3 amide bonds. The van der Waals surface area contributed by atoms with Gasteiger partial charge in [0.1, 0.15) is 5.82 Å². The normalized spacial score (nSPS) is 17.1. The Morgan fingerprint density at radius 2 is 1.90 bits per heavy atom. The maximum atomic E-state index is 13.8. The Kier molecular flexibility index (Phi) is 6.90. The number of allylic oxidation sites excluding steroid dienone is 1. The van der Waals surface area contributed by atoms with Crippen molar-refractivity contribution in [2.75, 3.05) is 19.0 Å². The lowest BCUT2D eigenvalue weighted by atomic mass is 9.88. The Labute approximate surface area is 233 Å². The number of nitrogens with zero attached hydrogens (tertiary/aromatic N) is 6. The van der Waals surface area contributed by atoms with E-state index in [-0.39, 0.29) is 47.6 Å². The van der Waals surface area contributed by atoms with Crippen molar-refractivity contribution in [1.82, 2.24) is 19.4 Å². The Morgan fingerprint density at radius 3 is 2.56 bits per heavy atom. The molecule has 2 aromatic carbocycles. The number of hydrogen-bond donors (Lipinski definition) is 0. The summed E-state index contributed by atoms with van der Waals surface area (Å²) in [6.07, 6.45) is -1.05. The molecular weight excluding hydrogens is 537 g/mol. The van der Waals surface area contributed by atoms with Gasteiger partial charge in [0.2, 0.25) is 0 Å². The van der Waals surface area contributed by atoms with E-state index in [1.54, 1.807) is 37.1 Å². The van der Waals surface area contributed by atoms with Crippen molar-refractivity contribution in [1.29, 1.82) is 5.26 Å². The zero-order valence-corrected chi connectivity index (χ0v) is 22.4. The fraction of sp³-hybridized carbons (Fsp3) is 0.276. The smallest absolute Gasteiger partial charge is 0.337 e. The number of hydrogen-bond acceptors (Lipinski definition) is 5. The molecule has 0 radical (unpaired) electrons. The first-order valence-corrected chi connectivity index (χ1v) is 12.7. The predicted molar refractivity (Wildman–Crippen MR) is 141 cm³/mol. The van der Waals surface area contributed by atoms with Gasteiger partial charge in [-0.15, -0.1) is 0 Å². The van der Waals surface area contributed by atoms with Crippen molar-refractivity contribution in [3.05, 3.63) is 94.2 Å². The summed E-state index contributed by atoms with van der Waals surface area (Å²) >= 11 is 0. The number of halogens is 3. The molecule has 0 N–H and O–H groups in total. The van der Waals surface area contributed by atoms with Crippen LogP contribution in [0.5, 0.6) is 0 Å². The molecule has 0 saturated carbocycles. The molecule has 5 rings (SSSR count). The number of aryl methyl sites for hydroxylation is 1. The summed E-state index contributed by atoms with van der Waals surface area (Å²) in [5, 5.41) is 9.55. The molecule has 1 aromatic heterocycles. The third kappa shape index (κ3) is 4.84. The summed E-state index contributed by atoms with van der Waals surface area (Å²) in [5.41, 5.74) is 0.275. The Hall–Kier alpha value is -4.92. The highest BCUT2D eigenvalue weighted by molar-refractivity contribution is 6.09. The van der Waals surface area contributed by atoms with Crippen LogP contribution in [0.15, 0.2) is 66.1 Å². The number of rotatable bonds is 5. The summed E-state index contributed by atoms with van der Waals surface area (Å²) in [7, 11) is 4.81. The molecule has 0 bridgehead atoms. The van der Waals surface area contributed by atoms with Gasteiger partial charge < -0.3 is 14.4 Å². The fourth-order valence-electron chi connectivity index (χ4n) is 5.32. The van der Waals surface area contributed by atoms with E-state index in [1.807, 2.05) is 6.07 Å². The molecule has 0 saturated heterocycles. The van der Waals surface area contributed by atoms with E-state index in [2.05, 4.69) is 4.98 Å². The maximum Gasteiger partial charge on any atom is 0.416 e. The maximum absolute atomic E-state index is 13.8. The van der Waals surface area contributed by atoms with Gasteiger partial charge in [-0.1, -0.05) is 12.1 Å². The van der Waals surface area contributed by atoms with E-state index >= 15 is 0 Å². The summed E-state index contributed by atoms with van der Waals surface area (Å²) < 4.78 is 42.2. The number of Topliss-reactive ketones (excluding diaryl/α,β-unsaturated/α-hetero) is 1. The van der Waals surface area contributed by atoms with Gasteiger partial charge in [-0.25, -0.2) is 9.78 Å². The molecule has 2 heterocycles. The minimum atomic E-state index is -4.62. The molecule has 41 heavy (non-hydrogen) atoms. The molecule has 1 aliphatic carbocycles. The lowest BCUT2D eigenvalue weighted by Crippen LogP contribution is -2.48. The first-order chi connectivity index (χ1) is 19.4. The van der Waals surface area contributed by atoms with Crippen LogP contribution in [0.1, 0.15) is 51.8 Å². The van der Waals surface area contributed by atoms with Gasteiger partial charge >= 0.3 is 12.2 Å². The first kappa shape index (κ1) is 27.6. The Morgan fingerprint density at radius 1 is 1.15 bits per heavy atom. The number of benzene rings is 2. The minimum absolute atomic E-state index is 0.0109. The van der Waals surface area contributed by atoms with Crippen LogP contribution >= 0.6 is 0 Å². The molecule has 12 heteroatoms. The van der Waals surface area contributed by atoms with Crippen molar-refractivity contribution >= 4 is 23.4 Å². The molecule has 3 aromatic rings. The van der Waals surface area contributed by atoms with Crippen molar-refractivity contribution in [3.63, 3.8) is 0 Å². The molecule has 210 valence electrons. The van der Waals surface area contributed by atoms with Gasteiger partial charge in [0.05, 0.1) is 35.5 Å². The van der Waals surface area contributed by atoms with Gasteiger partial charge in [-0.3, -0.25) is 14.5 Å². The van der Waals surface area contributed by atoms with E-state index in [9.17, 15) is 32.8 Å². The Balaban J connectivity index is 1.62. The van der Waals surface area contributed by atoms with E-state index in [4.69, 9.17) is 0 Å². The number of aromatic nitrogens is 2. The number of carbonyl (C=O) groups is 3. The lowest BCUT2D eigenvalue weighted by Gasteiger charge is -2.41. The zero-order valence-electron chi connectivity index (χ0n) is 22.4. The molecular formula is C29H25F3N6O3. The third-order valence-electron chi connectivity index (χ3n) is 7.41. The summed E-state index contributed by atoms with van der Waals surface area (Å²) in [4.78, 5) is 48.9. The summed E-state index contributed by atoms with van der Waals surface area (Å²) in [6.45, 7) is 0.161. The SMILES string of the molecule is CN(Cc1nccn1C)C(=O)c1cc(C#N)ccc1C1C2=C(CCC2=O)N(c2cccc(C(F)(F)F)c2)C(=O)N1C. The second-order valence-electron chi connectivity index (χ2n) is 9.99. The highest BCUT2D eigenvalue weighted by atomic mass is 19.4. The van der Waals surface area contributed by atoms with Gasteiger partial charge in [-0.05, 0) is 42.3 Å². The van der Waals surface area contributed by atoms with Gasteiger partial charge in [0, 0.05) is 56.8 Å². The minimum Gasteiger partial charge on any atom is -0.337 e. The standard InChI is InChI=1S/C29H25F3N6O3/c1-35-12-11-34-24(35)16-36(2)27(40)21-13-17(15-33)7-8-20(21)26-25-22(9-10-23(25)39)38(28(41)37(26)3)19-6-4-5-18(14-19)29(30,31)32/h4-8,11-14,26H,9-10,16H2,1-3H3. The van der Waals surface area contributed by atoms with Crippen molar-refractivity contribution in [3.8, 4) is 6.07 Å². The number of amides is 3. The summed E-state index contributed by atoms with van der Waals surface area (Å²) in [5.74, 6) is -0.101. The second kappa shape index (κ2) is 10.2. The molecule has 1 unspecified atom stereocenters. The van der Waals surface area contributed by atoms with E-state index < -0.39 is 29.7 Å². The second-order valence-corrected chi connectivity index (χ2v) is 9.99. The molecule has 0 spiro atoms. The number of likely N-dealkylation sites (N-methyl/N-ethyl adjacent to an activating group) is 1. The van der Waals surface area contributed by atoms with Crippen LogP contribution in [0.3, 0.4) is 0 Å². The number of urea groups is 1. The monoisotopic (exact) mass is 562 g/mol. The average Bonchev–Trinajstić information content (AvgIpc) is 3.53. The van der Waals surface area contributed by atoms with Gasteiger partial charge in [-0.2, -0.15) is 18.4 Å². The average molecular weight is 563 g/mol. The van der Waals surface area contributed by atoms with Crippen molar-refractivity contribution in [2.24, 2.45) is 7.05 Å². The number of carbonyl (C=O) groups excluding carboxylic acids is 3. The molecule has 1 atom stereocenters. The van der Waals surface area contributed by atoms with Crippen LogP contribution in [0.25, 0.3) is 0 Å². The first-order valence-electron chi connectivity index (χ1n) is 12.7. The number of nitriles is 1. The summed E-state index contributed by atoms with van der Waals surface area (Å²) in [6, 6.07) is 9.25. The molecule has 0 fully saturated rings. The number of anilines is 1. The van der Waals surface area contributed by atoms with Gasteiger partial charge in [0.25, 0.3) is 5.91 Å². The van der Waals surface area contributed by atoms with Crippen molar-refractivity contribution in [2.45, 2.75) is 31.6 Å². The van der Waals surface area contributed by atoms with Crippen molar-refractivity contribution < 1.29 is 27.6 Å². The van der Waals surface area contributed by atoms with E-state index in [0.717, 1.165) is 17.0 Å². The van der Waals surface area contributed by atoms with Crippen LogP contribution in [-0.2, 0) is 24.6 Å². The van der Waals surface area contributed by atoms with E-state index in [0.29, 0.717) is 17.1 Å². The quantitative estimate of drug-likeness (QED) is 0.444. The Bertz CT molecular complexity index is 1650. The van der Waals surface area contributed by atoms with Crippen LogP contribution in [0, 0.1) is 11.3 Å². The zero-order chi connectivity index (χ0) is 29.6. The molecule has 2 aliphatic rings. The highest BCUT2D eigenvalue weighted by Crippen LogP contribution is 2.46. The molecule has 9 nitrogen and oxygen atoms in total. The lowest BCUT2D eigenvalue weighted by molar-refractivity contribution is -0.137. The number of imidazole rings is 1. The highest BCUT2D eigenvalue weighted by Gasteiger charge is 2.46. The fourth-order valence-corrected chi connectivity index (χ4v) is 5.32. The largest absolute Gasteiger partial charge is 0.416 e. The third-order valence-corrected chi connectivity index (χ3v) is 7.41.